The molecule has 1 aromatic carbocycles. The lowest BCUT2D eigenvalue weighted by molar-refractivity contribution is -0.385. The molecule has 1 atom stereocenters. The molecule has 1 aromatic heterocycles. The first-order valence-corrected chi connectivity index (χ1v) is 8.29. The van der Waals surface area contributed by atoms with Gasteiger partial charge in [0.2, 0.25) is 0 Å². The molecule has 1 fully saturated rings. The van der Waals surface area contributed by atoms with Gasteiger partial charge in [0, 0.05) is 31.0 Å². The summed E-state index contributed by atoms with van der Waals surface area (Å²) >= 11 is 0. The number of halogens is 1. The van der Waals surface area contributed by atoms with Crippen LogP contribution in [0.1, 0.15) is 36.4 Å². The van der Waals surface area contributed by atoms with Crippen LogP contribution in [0.25, 0.3) is 6.08 Å². The standard InChI is InChI=1S/C19H21N3O2.ClH/c23-22(24)19-11-2-1-7-16(19)9-6-14-21-13-4-3-10-18(21)17-8-5-12-20-15-17;/h1-2,5-9,11-12,15,18H,3-4,10,13-14H2;1H. The summed E-state index contributed by atoms with van der Waals surface area (Å²) in [6, 6.07) is 11.3. The number of hydrogen-bond acceptors (Lipinski definition) is 4. The summed E-state index contributed by atoms with van der Waals surface area (Å²) in [7, 11) is 0. The van der Waals surface area contributed by atoms with Gasteiger partial charge < -0.3 is 0 Å². The average molecular weight is 360 g/mol. The Labute approximate surface area is 153 Å². The fourth-order valence-corrected chi connectivity index (χ4v) is 3.27. The van der Waals surface area contributed by atoms with E-state index < -0.39 is 0 Å². The van der Waals surface area contributed by atoms with Crippen LogP contribution in [0.15, 0.2) is 54.9 Å². The highest BCUT2D eigenvalue weighted by molar-refractivity contribution is 5.85. The molecule has 1 aliphatic heterocycles. The molecule has 0 radical (unpaired) electrons. The molecule has 0 saturated carbocycles. The van der Waals surface area contributed by atoms with E-state index >= 15 is 0 Å². The monoisotopic (exact) mass is 359 g/mol. The van der Waals surface area contributed by atoms with E-state index in [1.807, 2.05) is 30.5 Å². The summed E-state index contributed by atoms with van der Waals surface area (Å²) in [4.78, 5) is 17.4. The van der Waals surface area contributed by atoms with Crippen molar-refractivity contribution in [3.8, 4) is 0 Å². The fourth-order valence-electron chi connectivity index (χ4n) is 3.27. The lowest BCUT2D eigenvalue weighted by Gasteiger charge is -2.35. The van der Waals surface area contributed by atoms with Crippen molar-refractivity contribution in [1.82, 2.24) is 9.88 Å². The number of piperidine rings is 1. The van der Waals surface area contributed by atoms with Crippen LogP contribution in [0.5, 0.6) is 0 Å². The van der Waals surface area contributed by atoms with E-state index in [2.05, 4.69) is 16.0 Å². The molecule has 0 amide bonds. The van der Waals surface area contributed by atoms with Crippen molar-refractivity contribution in [3.05, 3.63) is 76.1 Å². The van der Waals surface area contributed by atoms with Gasteiger partial charge in [0.15, 0.2) is 0 Å². The second-order valence-corrected chi connectivity index (χ2v) is 6.01. The Hall–Kier alpha value is -2.24. The van der Waals surface area contributed by atoms with Crippen molar-refractivity contribution in [2.75, 3.05) is 13.1 Å². The predicted molar refractivity (Wildman–Crippen MR) is 102 cm³/mol. The number of nitro benzene ring substituents is 1. The van der Waals surface area contributed by atoms with Crippen LogP contribution in [-0.4, -0.2) is 27.9 Å². The summed E-state index contributed by atoms with van der Waals surface area (Å²) in [6.07, 6.45) is 11.2. The SMILES string of the molecule is Cl.O=[N+]([O-])c1ccccc1C=CCN1CCCCC1c1cccnc1. The van der Waals surface area contributed by atoms with Crippen molar-refractivity contribution in [3.63, 3.8) is 0 Å². The maximum atomic E-state index is 11.1. The first-order chi connectivity index (χ1) is 11.8. The van der Waals surface area contributed by atoms with Crippen molar-refractivity contribution >= 4 is 24.2 Å². The van der Waals surface area contributed by atoms with Crippen molar-refractivity contribution in [2.45, 2.75) is 25.3 Å². The first kappa shape index (κ1) is 19.1. The molecular weight excluding hydrogens is 338 g/mol. The molecule has 3 rings (SSSR count). The molecule has 0 N–H and O–H groups in total. The predicted octanol–water partition coefficient (Wildman–Crippen LogP) is 4.65. The van der Waals surface area contributed by atoms with Crippen LogP contribution in [0.4, 0.5) is 5.69 Å². The molecule has 0 aliphatic carbocycles. The van der Waals surface area contributed by atoms with Crippen molar-refractivity contribution in [1.29, 1.82) is 0 Å². The van der Waals surface area contributed by atoms with Gasteiger partial charge in [0.05, 0.1) is 10.5 Å². The Morgan fingerprint density at radius 3 is 2.84 bits per heavy atom. The fraction of sp³-hybridized carbons (Fsp3) is 0.316. The smallest absolute Gasteiger partial charge is 0.276 e. The number of nitrogens with zero attached hydrogens (tertiary/aromatic N) is 3. The number of hydrogen-bond donors (Lipinski definition) is 0. The number of benzene rings is 1. The van der Waals surface area contributed by atoms with Crippen LogP contribution in [0.3, 0.4) is 0 Å². The summed E-state index contributed by atoms with van der Waals surface area (Å²) in [6.45, 7) is 1.83. The summed E-state index contributed by atoms with van der Waals surface area (Å²) in [5, 5.41) is 11.1. The molecule has 2 heterocycles. The Morgan fingerprint density at radius 2 is 2.08 bits per heavy atom. The van der Waals surface area contributed by atoms with Gasteiger partial charge in [0.25, 0.3) is 5.69 Å². The largest absolute Gasteiger partial charge is 0.293 e. The van der Waals surface area contributed by atoms with E-state index in [0.29, 0.717) is 11.6 Å². The number of rotatable bonds is 5. The molecule has 0 bridgehead atoms. The highest BCUT2D eigenvalue weighted by Gasteiger charge is 2.23. The molecule has 132 valence electrons. The van der Waals surface area contributed by atoms with Crippen molar-refractivity contribution in [2.24, 2.45) is 0 Å². The molecule has 5 nitrogen and oxygen atoms in total. The van der Waals surface area contributed by atoms with Gasteiger partial charge in [-0.15, -0.1) is 12.4 Å². The van der Waals surface area contributed by atoms with E-state index in [4.69, 9.17) is 0 Å². The molecule has 1 unspecified atom stereocenters. The number of likely N-dealkylation sites (tertiary alicyclic amines) is 1. The lowest BCUT2D eigenvalue weighted by atomic mass is 9.96. The zero-order valence-corrected chi connectivity index (χ0v) is 14.8. The maximum absolute atomic E-state index is 11.1. The van der Waals surface area contributed by atoms with E-state index in [1.54, 1.807) is 24.4 Å². The minimum absolute atomic E-state index is 0. The Balaban J connectivity index is 0.00000225. The number of aromatic nitrogens is 1. The summed E-state index contributed by atoms with van der Waals surface area (Å²) in [5.74, 6) is 0. The number of para-hydroxylation sites is 1. The van der Waals surface area contributed by atoms with Crippen LogP contribution >= 0.6 is 12.4 Å². The minimum atomic E-state index is -0.334. The highest BCUT2D eigenvalue weighted by Crippen LogP contribution is 2.30. The van der Waals surface area contributed by atoms with Gasteiger partial charge in [-0.3, -0.25) is 20.0 Å². The molecule has 0 spiro atoms. The van der Waals surface area contributed by atoms with Crippen LogP contribution in [-0.2, 0) is 0 Å². The molecule has 6 heteroatoms. The van der Waals surface area contributed by atoms with Gasteiger partial charge in [-0.1, -0.05) is 36.8 Å². The molecule has 1 aliphatic rings. The molecule has 1 saturated heterocycles. The third-order valence-electron chi connectivity index (χ3n) is 4.45. The number of pyridine rings is 1. The Kier molecular flexibility index (Phi) is 7.10. The zero-order valence-electron chi connectivity index (χ0n) is 14.0. The zero-order chi connectivity index (χ0) is 16.8. The van der Waals surface area contributed by atoms with Crippen LogP contribution in [0, 0.1) is 10.1 Å². The van der Waals surface area contributed by atoms with E-state index in [1.165, 1.54) is 18.4 Å². The minimum Gasteiger partial charge on any atom is -0.293 e. The van der Waals surface area contributed by atoms with Crippen LogP contribution < -0.4 is 0 Å². The Bertz CT molecular complexity index is 722. The number of nitro groups is 1. The van der Waals surface area contributed by atoms with E-state index in [0.717, 1.165) is 19.5 Å². The van der Waals surface area contributed by atoms with Gasteiger partial charge in [-0.25, -0.2) is 0 Å². The van der Waals surface area contributed by atoms with Gasteiger partial charge in [-0.2, -0.15) is 0 Å². The second-order valence-electron chi connectivity index (χ2n) is 6.01. The molecular formula is C19H22ClN3O2. The van der Waals surface area contributed by atoms with E-state index in [9.17, 15) is 10.1 Å². The van der Waals surface area contributed by atoms with Gasteiger partial charge in [0.1, 0.15) is 0 Å². The summed E-state index contributed by atoms with van der Waals surface area (Å²) < 4.78 is 0. The third kappa shape index (κ3) is 4.87. The third-order valence-corrected chi connectivity index (χ3v) is 4.45. The van der Waals surface area contributed by atoms with Gasteiger partial charge >= 0.3 is 0 Å². The molecule has 2 aromatic rings. The molecule has 25 heavy (non-hydrogen) atoms. The maximum Gasteiger partial charge on any atom is 0.276 e. The van der Waals surface area contributed by atoms with Crippen LogP contribution in [0.2, 0.25) is 0 Å². The first-order valence-electron chi connectivity index (χ1n) is 8.29. The quantitative estimate of drug-likeness (QED) is 0.575. The normalized spacial score (nSPS) is 18.0. The van der Waals surface area contributed by atoms with E-state index in [-0.39, 0.29) is 23.0 Å². The second kappa shape index (κ2) is 9.30. The van der Waals surface area contributed by atoms with Gasteiger partial charge in [-0.05, 0) is 37.1 Å². The topological polar surface area (TPSA) is 59.3 Å². The lowest BCUT2D eigenvalue weighted by Crippen LogP contribution is -2.33. The van der Waals surface area contributed by atoms with Crippen molar-refractivity contribution < 1.29 is 4.92 Å². The Morgan fingerprint density at radius 1 is 1.24 bits per heavy atom. The summed E-state index contributed by atoms with van der Waals surface area (Å²) in [5.41, 5.74) is 2.05. The highest BCUT2D eigenvalue weighted by atomic mass is 35.5. The average Bonchev–Trinajstić information content (AvgIpc) is 2.63.